The van der Waals surface area contributed by atoms with E-state index in [0.29, 0.717) is 52.8 Å². The topological polar surface area (TPSA) is 153 Å². The summed E-state index contributed by atoms with van der Waals surface area (Å²) in [5.74, 6) is -1.44. The number of Topliss-reactive ketones (excluding diaryl/α,β-unsaturated/α-hetero) is 2. The van der Waals surface area contributed by atoms with Gasteiger partial charge in [0.2, 0.25) is 0 Å². The first-order valence-corrected chi connectivity index (χ1v) is 16.4. The molecule has 0 bridgehead atoms. The Bertz CT molecular complexity index is 1950. The normalized spacial score (nSPS) is 17.5. The summed E-state index contributed by atoms with van der Waals surface area (Å²) in [7, 11) is 0. The van der Waals surface area contributed by atoms with Crippen LogP contribution in [-0.2, 0) is 27.4 Å². The van der Waals surface area contributed by atoms with Crippen molar-refractivity contribution in [3.63, 3.8) is 0 Å². The molecule has 0 aliphatic carbocycles. The monoisotopic (exact) mass is 684 g/mol. The fraction of sp³-hybridized carbons (Fsp3) is 0.270. The minimum atomic E-state index is -1.05. The summed E-state index contributed by atoms with van der Waals surface area (Å²) in [6.45, 7) is 8.65. The van der Waals surface area contributed by atoms with Crippen LogP contribution in [0.5, 0.6) is 17.2 Å². The molecule has 49 heavy (non-hydrogen) atoms. The van der Waals surface area contributed by atoms with E-state index >= 15 is 0 Å². The minimum Gasteiger partial charge on any atom is -0.507 e. The van der Waals surface area contributed by atoms with Crippen LogP contribution in [0.25, 0.3) is 5.76 Å². The number of aromatic nitrogens is 1. The number of anilines is 1. The third-order valence-corrected chi connectivity index (χ3v) is 9.00. The molecule has 12 heteroatoms. The maximum absolute atomic E-state index is 13.8. The van der Waals surface area contributed by atoms with Crippen LogP contribution >= 0.6 is 11.3 Å². The number of hydrogen-bond acceptors (Lipinski definition) is 10. The molecule has 254 valence electrons. The number of rotatable bonds is 9. The van der Waals surface area contributed by atoms with E-state index in [2.05, 4.69) is 4.98 Å². The molecule has 6 rings (SSSR count). The molecule has 2 aliphatic heterocycles. The summed E-state index contributed by atoms with van der Waals surface area (Å²) in [4.78, 5) is 54.9. The Morgan fingerprint density at radius 3 is 2.37 bits per heavy atom. The molecule has 1 aromatic heterocycles. The van der Waals surface area contributed by atoms with Crippen LogP contribution in [0, 0.1) is 6.92 Å². The summed E-state index contributed by atoms with van der Waals surface area (Å²) in [6, 6.07) is 19.0. The lowest BCUT2D eigenvalue weighted by molar-refractivity contribution is -0.134. The summed E-state index contributed by atoms with van der Waals surface area (Å²) in [6.07, 6.45) is 0.647. The van der Waals surface area contributed by atoms with Crippen molar-refractivity contribution in [1.29, 1.82) is 0 Å². The Morgan fingerprint density at radius 1 is 1.00 bits per heavy atom. The van der Waals surface area contributed by atoms with Crippen LogP contribution in [0.2, 0.25) is 0 Å². The van der Waals surface area contributed by atoms with Crippen LogP contribution in [0.15, 0.2) is 72.3 Å². The predicted octanol–water partition coefficient (Wildman–Crippen LogP) is 6.67. The van der Waals surface area contributed by atoms with Crippen molar-refractivity contribution in [2.45, 2.75) is 59.8 Å². The number of thiazole rings is 1. The van der Waals surface area contributed by atoms with Gasteiger partial charge in [0.25, 0.3) is 11.8 Å². The molecule has 2 aliphatic rings. The van der Waals surface area contributed by atoms with Gasteiger partial charge >= 0.3 is 5.91 Å². The van der Waals surface area contributed by atoms with Crippen molar-refractivity contribution in [1.82, 2.24) is 4.98 Å². The molecule has 2 atom stereocenters. The van der Waals surface area contributed by atoms with Gasteiger partial charge in [-0.05, 0) is 67.8 Å². The van der Waals surface area contributed by atoms with E-state index in [9.17, 15) is 19.5 Å². The highest BCUT2D eigenvalue weighted by Gasteiger charge is 2.48. The number of hydrogen-bond donors (Lipinski definition) is 2. The average molecular weight is 685 g/mol. The first kappa shape index (κ1) is 34.8. The smallest absolute Gasteiger partial charge is 0.301 e. The molecule has 3 aromatic carbocycles. The van der Waals surface area contributed by atoms with Gasteiger partial charge in [-0.15, -0.1) is 0 Å². The van der Waals surface area contributed by atoms with Crippen LogP contribution in [0.3, 0.4) is 0 Å². The molecular formula is C37H36N2O9S. The SMILES string of the molecule is CC(=O)O.CCOc1cc(C2/C(=C(\O)c3ccc4c(c3)CC(C)O4)C(=O)C(=O)N2c2nc(C)c(C(C)=O)s2)ccc1OCc1ccccc1. The quantitative estimate of drug-likeness (QED) is 0.0846. The second kappa shape index (κ2) is 14.7. The molecule has 1 amide bonds. The number of ketones is 2. The number of aliphatic carboxylic acids is 1. The number of benzene rings is 3. The van der Waals surface area contributed by atoms with E-state index in [1.54, 1.807) is 43.3 Å². The van der Waals surface area contributed by atoms with E-state index in [4.69, 9.17) is 24.1 Å². The van der Waals surface area contributed by atoms with Crippen molar-refractivity contribution in [2.24, 2.45) is 0 Å². The fourth-order valence-corrected chi connectivity index (χ4v) is 6.69. The largest absolute Gasteiger partial charge is 0.507 e. The van der Waals surface area contributed by atoms with Crippen molar-refractivity contribution in [3.8, 4) is 17.2 Å². The van der Waals surface area contributed by atoms with E-state index in [1.807, 2.05) is 44.2 Å². The number of amides is 1. The van der Waals surface area contributed by atoms with Gasteiger partial charge in [0, 0.05) is 25.8 Å². The zero-order valence-electron chi connectivity index (χ0n) is 27.7. The summed E-state index contributed by atoms with van der Waals surface area (Å²) >= 11 is 1.03. The van der Waals surface area contributed by atoms with Gasteiger partial charge in [-0.1, -0.05) is 47.7 Å². The molecule has 0 spiro atoms. The summed E-state index contributed by atoms with van der Waals surface area (Å²) in [5, 5.41) is 19.3. The lowest BCUT2D eigenvalue weighted by Crippen LogP contribution is -2.29. The third-order valence-electron chi connectivity index (χ3n) is 7.75. The van der Waals surface area contributed by atoms with Crippen LogP contribution in [0.4, 0.5) is 5.13 Å². The Balaban J connectivity index is 0.00000111. The van der Waals surface area contributed by atoms with Crippen LogP contribution in [0.1, 0.15) is 71.4 Å². The van der Waals surface area contributed by atoms with E-state index < -0.39 is 23.7 Å². The number of aliphatic hydroxyl groups is 1. The number of ether oxygens (including phenoxy) is 3. The number of aryl methyl sites for hydroxylation is 1. The van der Waals surface area contributed by atoms with Gasteiger partial charge in [-0.25, -0.2) is 4.98 Å². The number of carboxylic acids is 1. The lowest BCUT2D eigenvalue weighted by atomic mass is 9.94. The van der Waals surface area contributed by atoms with Crippen molar-refractivity contribution < 1.29 is 43.6 Å². The average Bonchev–Trinajstić information content (AvgIpc) is 3.71. The van der Waals surface area contributed by atoms with Crippen LogP contribution in [-0.4, -0.2) is 51.4 Å². The molecule has 0 saturated carbocycles. The van der Waals surface area contributed by atoms with Gasteiger partial charge in [-0.3, -0.25) is 24.1 Å². The maximum Gasteiger partial charge on any atom is 0.301 e. The standard InChI is InChI=1S/C35H32N2O7S.C2H4O2/c1-5-42-28-17-23(11-14-27(28)43-18-22-9-7-6-8-10-22)30-29(31(39)24-12-13-26-25(16-24)15-19(2)44-26)32(40)34(41)37(30)35-36-20(3)33(45-35)21(4)38;1-2(3)4/h6-14,16-17,19,30,39H,5,15,18H2,1-4H3;1H3,(H,3,4)/b31-29+;. The Kier molecular flexibility index (Phi) is 10.5. The zero-order chi connectivity index (χ0) is 35.4. The molecule has 4 aromatic rings. The van der Waals surface area contributed by atoms with Gasteiger partial charge < -0.3 is 24.4 Å². The van der Waals surface area contributed by atoms with Gasteiger partial charge in [0.15, 0.2) is 22.4 Å². The highest BCUT2D eigenvalue weighted by molar-refractivity contribution is 7.18. The Morgan fingerprint density at radius 2 is 1.71 bits per heavy atom. The van der Waals surface area contributed by atoms with Gasteiger partial charge in [0.05, 0.1) is 28.8 Å². The predicted molar refractivity (Wildman–Crippen MR) is 184 cm³/mol. The Hall–Kier alpha value is -5.49. The Labute approximate surface area is 287 Å². The van der Waals surface area contributed by atoms with Gasteiger partial charge in [-0.2, -0.15) is 0 Å². The summed E-state index contributed by atoms with van der Waals surface area (Å²) in [5.41, 5.74) is 3.13. The van der Waals surface area contributed by atoms with E-state index in [0.717, 1.165) is 35.1 Å². The number of aliphatic hydroxyl groups excluding tert-OH is 1. The van der Waals surface area contributed by atoms with Crippen molar-refractivity contribution in [3.05, 3.63) is 105 Å². The number of nitrogens with zero attached hydrogens (tertiary/aromatic N) is 2. The number of fused-ring (bicyclic) bond motifs is 1. The first-order chi connectivity index (χ1) is 23.4. The van der Waals surface area contributed by atoms with Crippen molar-refractivity contribution in [2.75, 3.05) is 11.5 Å². The second-order valence-electron chi connectivity index (χ2n) is 11.5. The highest BCUT2D eigenvalue weighted by atomic mass is 32.1. The number of carbonyl (C=O) groups is 4. The molecule has 3 heterocycles. The van der Waals surface area contributed by atoms with Gasteiger partial charge in [0.1, 0.15) is 24.2 Å². The molecule has 2 N–H and O–H groups in total. The summed E-state index contributed by atoms with van der Waals surface area (Å²) < 4.78 is 17.9. The van der Waals surface area contributed by atoms with Crippen LogP contribution < -0.4 is 19.1 Å². The molecule has 0 radical (unpaired) electrons. The molecule has 2 unspecified atom stereocenters. The lowest BCUT2D eigenvalue weighted by Gasteiger charge is -2.24. The van der Waals surface area contributed by atoms with Crippen molar-refractivity contribution >= 4 is 45.7 Å². The molecule has 11 nitrogen and oxygen atoms in total. The zero-order valence-corrected chi connectivity index (χ0v) is 28.5. The molecule has 1 saturated heterocycles. The fourth-order valence-electron chi connectivity index (χ4n) is 5.70. The minimum absolute atomic E-state index is 0.00815. The number of carbonyl (C=O) groups excluding carboxylic acids is 3. The second-order valence-corrected chi connectivity index (χ2v) is 12.5. The molecular weight excluding hydrogens is 648 g/mol. The van der Waals surface area contributed by atoms with E-state index in [1.165, 1.54) is 11.8 Å². The number of carboxylic acid groups (broad SMARTS) is 1. The molecule has 1 fully saturated rings. The van der Waals surface area contributed by atoms with E-state index in [-0.39, 0.29) is 28.4 Å². The third kappa shape index (κ3) is 7.49. The first-order valence-electron chi connectivity index (χ1n) is 15.6. The highest BCUT2D eigenvalue weighted by Crippen LogP contribution is 2.46. The maximum atomic E-state index is 13.8.